The molecule has 320 valence electrons. The van der Waals surface area contributed by atoms with E-state index in [9.17, 15) is 0 Å². The maximum Gasteiger partial charge on any atom is 0.203 e. The summed E-state index contributed by atoms with van der Waals surface area (Å²) in [5, 5.41) is 5.21. The maximum atomic E-state index is 5.87. The van der Waals surface area contributed by atoms with E-state index in [-0.39, 0.29) is 0 Å². The first-order valence-electron chi connectivity index (χ1n) is 18.1. The Kier molecular flexibility index (Phi) is 14.5. The van der Waals surface area contributed by atoms with Crippen LogP contribution in [0.5, 0.6) is 34.5 Å². The minimum Gasteiger partial charge on any atom is -0.493 e. The highest BCUT2D eigenvalue weighted by Gasteiger charge is 2.37. The lowest BCUT2D eigenvalue weighted by Crippen LogP contribution is -2.31. The lowest BCUT2D eigenvalue weighted by Gasteiger charge is -2.21. The second-order valence-corrected chi connectivity index (χ2v) is 19.6. The molecule has 10 nitrogen and oxygen atoms in total. The van der Waals surface area contributed by atoms with Crippen LogP contribution in [-0.4, -0.2) is 64.4 Å². The normalized spacial score (nSPS) is 19.9. The molecule has 3 aliphatic rings. The van der Waals surface area contributed by atoms with Crippen molar-refractivity contribution in [2.75, 3.05) is 42.7 Å². The molecule has 3 N–H and O–H groups in total. The van der Waals surface area contributed by atoms with E-state index in [1.54, 1.807) is 56.5 Å². The van der Waals surface area contributed by atoms with Gasteiger partial charge in [-0.15, -0.1) is 11.8 Å². The van der Waals surface area contributed by atoms with Gasteiger partial charge in [0.2, 0.25) is 11.5 Å². The zero-order chi connectivity index (χ0) is 44.9. The first kappa shape index (κ1) is 46.9. The van der Waals surface area contributed by atoms with Crippen molar-refractivity contribution in [2.24, 2.45) is 4.99 Å². The number of ether oxygens (including phenoxy) is 6. The number of nitrogens with one attached hydrogen (secondary N) is 3. The molecule has 7 rings (SSSR count). The number of aliphatic imine (C=N–C) groups is 1. The second kappa shape index (κ2) is 19.2. The average molecular weight is 1350 g/mol. The fourth-order valence-corrected chi connectivity index (χ4v) is 11.3. The number of aromatic nitrogens is 2. The van der Waals surface area contributed by atoms with Crippen LogP contribution >= 0.6 is 127 Å². The minimum atomic E-state index is -0.512. The molecule has 4 aromatic rings. The molecule has 18 heteroatoms. The van der Waals surface area contributed by atoms with Crippen molar-refractivity contribution in [3.8, 4) is 58.2 Å². The third-order valence-electron chi connectivity index (χ3n) is 10.0. The van der Waals surface area contributed by atoms with Crippen LogP contribution < -0.4 is 44.4 Å². The molecule has 0 fully saturated rings. The van der Waals surface area contributed by atoms with E-state index < -0.39 is 6.04 Å². The van der Waals surface area contributed by atoms with Crippen molar-refractivity contribution in [3.63, 3.8) is 0 Å². The third kappa shape index (κ3) is 7.82. The molecular weight excluding hydrogens is 1320 g/mol. The third-order valence-corrected chi connectivity index (χ3v) is 18.5. The van der Waals surface area contributed by atoms with E-state index in [1.807, 2.05) is 24.3 Å². The molecule has 0 spiro atoms. The SMILES string of the molecule is CC#C/C1=C2/NC(C(Br)=C2Br)/C(c2cc(OC)c(OC)c(OC)c2)=c2\[nH]/c(c(Br)c2Br)=C(/C#CC)C2=N/C(=C(/c3cc(OC)c(OC)c(OC)c3)c3[nH]c1c(Br)c3Br)C(Br)=C2Br. The van der Waals surface area contributed by atoms with Crippen molar-refractivity contribution >= 4 is 155 Å². The van der Waals surface area contributed by atoms with Gasteiger partial charge in [0.05, 0.1) is 130 Å². The Balaban J connectivity index is 1.75. The quantitative estimate of drug-likeness (QED) is 0.151. The summed E-state index contributed by atoms with van der Waals surface area (Å²) in [5.41, 5.74) is 7.45. The number of methoxy groups -OCH3 is 6. The van der Waals surface area contributed by atoms with E-state index >= 15 is 0 Å². The van der Waals surface area contributed by atoms with Crippen LogP contribution in [0.15, 0.2) is 76.5 Å². The molecule has 1 atom stereocenters. The van der Waals surface area contributed by atoms with Crippen molar-refractivity contribution < 1.29 is 28.4 Å². The minimum absolute atomic E-state index is 0.445. The number of H-pyrrole nitrogens is 2. The largest absolute Gasteiger partial charge is 0.493 e. The van der Waals surface area contributed by atoms with Crippen LogP contribution in [-0.2, 0) is 0 Å². The molecule has 0 aliphatic carbocycles. The zero-order valence-electron chi connectivity index (χ0n) is 33.8. The number of aromatic amines is 2. The lowest BCUT2D eigenvalue weighted by atomic mass is 9.97. The van der Waals surface area contributed by atoms with Crippen molar-refractivity contribution in [2.45, 2.75) is 19.9 Å². The number of hydrogen-bond donors (Lipinski definition) is 3. The summed E-state index contributed by atoms with van der Waals surface area (Å²) in [4.78, 5) is 12.9. The number of nitrogens with zero attached hydrogens (tertiary/aromatic N) is 1. The molecule has 0 saturated heterocycles. The van der Waals surface area contributed by atoms with Crippen LogP contribution in [0.2, 0.25) is 0 Å². The summed E-state index contributed by atoms with van der Waals surface area (Å²) in [7, 11) is 9.49. The van der Waals surface area contributed by atoms with Crippen LogP contribution in [0.4, 0.5) is 0 Å². The summed E-state index contributed by atoms with van der Waals surface area (Å²) < 4.78 is 40.7. The summed E-state index contributed by atoms with van der Waals surface area (Å²) in [6.45, 7) is 3.58. The molecule has 1 unspecified atom stereocenters. The Morgan fingerprint density at radius 3 is 1.56 bits per heavy atom. The summed E-state index contributed by atoms with van der Waals surface area (Å²) in [5.74, 6) is 15.8. The van der Waals surface area contributed by atoms with Crippen molar-refractivity contribution in [1.29, 1.82) is 0 Å². The highest BCUT2D eigenvalue weighted by Crippen LogP contribution is 2.51. The van der Waals surface area contributed by atoms with Gasteiger partial charge in [0, 0.05) is 15.6 Å². The first-order chi connectivity index (χ1) is 29.7. The molecule has 62 heavy (non-hydrogen) atoms. The molecule has 0 amide bonds. The molecule has 8 bridgehead atoms. The van der Waals surface area contributed by atoms with Gasteiger partial charge in [-0.05, 0) is 161 Å². The number of allylic oxidation sites excluding steroid dienone is 4. The van der Waals surface area contributed by atoms with Crippen LogP contribution in [0.1, 0.15) is 36.4 Å². The van der Waals surface area contributed by atoms with Gasteiger partial charge in [0.25, 0.3) is 0 Å². The van der Waals surface area contributed by atoms with Gasteiger partial charge in [0.15, 0.2) is 23.0 Å². The molecular formula is C44H32Br8N4O6. The van der Waals surface area contributed by atoms with Crippen LogP contribution in [0.25, 0.3) is 22.3 Å². The Labute approximate surface area is 425 Å². The highest BCUT2D eigenvalue weighted by molar-refractivity contribution is 9.15. The lowest BCUT2D eigenvalue weighted by molar-refractivity contribution is 0.324. The molecule has 2 aromatic carbocycles. The van der Waals surface area contributed by atoms with E-state index in [0.29, 0.717) is 113 Å². The molecule has 2 aromatic heterocycles. The number of rotatable bonds is 8. The highest BCUT2D eigenvalue weighted by atomic mass is 79.9. The monoisotopic (exact) mass is 1340 g/mol. The summed E-state index contributed by atoms with van der Waals surface area (Å²) in [6, 6.07) is 7.10. The zero-order valence-corrected chi connectivity index (χ0v) is 46.5. The Morgan fingerprint density at radius 1 is 0.548 bits per heavy atom. The van der Waals surface area contributed by atoms with Gasteiger partial charge < -0.3 is 43.7 Å². The van der Waals surface area contributed by atoms with E-state index in [2.05, 4.69) is 166 Å². The summed E-state index contributed by atoms with van der Waals surface area (Å²) in [6.07, 6.45) is 0. The molecule has 0 saturated carbocycles. The van der Waals surface area contributed by atoms with Gasteiger partial charge >= 0.3 is 0 Å². The molecule has 0 radical (unpaired) electrons. The van der Waals surface area contributed by atoms with Crippen LogP contribution in [0.3, 0.4) is 0 Å². The number of halogens is 8. The Hall–Kier alpha value is -3.07. The molecule has 5 heterocycles. The van der Waals surface area contributed by atoms with Gasteiger partial charge in [0.1, 0.15) is 0 Å². The Morgan fingerprint density at radius 2 is 1.05 bits per heavy atom. The molecule has 3 aliphatic heterocycles. The standard InChI is InChI=1S/C44H32Br8N4O6/c1-9-11-19-35-27(45)31(49)39(53-35)25(17-13-21(57-3)43(61-7)22(14-17)58-4)41-33(51)29(47)37(55-41)20(12-10-2)38-30(48)34(52)42(56-38)26(40-32(50)28(46)36(19)54-40)18-15-23(59-5)44(62-8)24(16-18)60-6/h13-16,39,53-55H,1-8H3/b35-19-,37-20-,41-25-,42-26-. The predicted molar refractivity (Wildman–Crippen MR) is 274 cm³/mol. The van der Waals surface area contributed by atoms with Gasteiger partial charge in [-0.2, -0.15) is 0 Å². The summed E-state index contributed by atoms with van der Waals surface area (Å²) >= 11 is 31.6. The fraction of sp³-hybridized carbons (Fsp3) is 0.205. The second-order valence-electron chi connectivity index (χ2n) is 13.2. The van der Waals surface area contributed by atoms with E-state index in [1.165, 1.54) is 0 Å². The van der Waals surface area contributed by atoms with Gasteiger partial charge in [-0.25, -0.2) is 4.99 Å². The van der Waals surface area contributed by atoms with E-state index in [0.717, 1.165) is 29.9 Å². The predicted octanol–water partition coefficient (Wildman–Crippen LogP) is 11.5. The van der Waals surface area contributed by atoms with E-state index in [4.69, 9.17) is 33.4 Å². The number of benzene rings is 2. The van der Waals surface area contributed by atoms with Crippen molar-refractivity contribution in [1.82, 2.24) is 15.3 Å². The van der Waals surface area contributed by atoms with Gasteiger partial charge in [-0.3, -0.25) is 0 Å². The Bertz CT molecular complexity index is 2990. The average Bonchev–Trinajstić information content (AvgIpc) is 3.94. The van der Waals surface area contributed by atoms with Crippen LogP contribution in [0, 0.1) is 23.7 Å². The smallest absolute Gasteiger partial charge is 0.203 e. The topological polar surface area (TPSA) is 111 Å². The number of fused-ring (bicyclic) bond motifs is 7. The first-order valence-corrected chi connectivity index (χ1v) is 24.4. The fourth-order valence-electron chi connectivity index (χ4n) is 7.31. The number of hydrogen-bond acceptors (Lipinski definition) is 8. The van der Waals surface area contributed by atoms with Crippen molar-refractivity contribution in [3.05, 3.63) is 105 Å². The van der Waals surface area contributed by atoms with Gasteiger partial charge in [-0.1, -0.05) is 27.8 Å². The maximum absolute atomic E-state index is 5.87.